The van der Waals surface area contributed by atoms with E-state index in [1.54, 1.807) is 13.0 Å². The van der Waals surface area contributed by atoms with E-state index in [2.05, 4.69) is 10.5 Å². The zero-order valence-electron chi connectivity index (χ0n) is 15.3. The number of benzene rings is 2. The van der Waals surface area contributed by atoms with Gasteiger partial charge >= 0.3 is 0 Å². The quantitative estimate of drug-likeness (QED) is 0.729. The van der Waals surface area contributed by atoms with Crippen LogP contribution in [0.3, 0.4) is 0 Å². The van der Waals surface area contributed by atoms with Crippen molar-refractivity contribution in [2.75, 3.05) is 16.2 Å². The summed E-state index contributed by atoms with van der Waals surface area (Å²) >= 11 is 0. The summed E-state index contributed by atoms with van der Waals surface area (Å²) in [5.41, 5.74) is 2.72. The minimum atomic E-state index is -3.70. The number of carbonyl (C=O) groups is 1. The number of rotatable bonds is 4. The Morgan fingerprint density at radius 3 is 2.61 bits per heavy atom. The number of nitrogens with zero attached hydrogens (tertiary/aromatic N) is 2. The standard InChI is InChI=1S/C20H19N3O4S/c1-14-13-19(27-22-14)21-20(24)16-8-10-17(11-9-16)28(25,26)23-12-4-6-15-5-2-3-7-18(15)23/h2-3,5,7-11,13H,4,6,12H2,1H3,(H,21,24). The highest BCUT2D eigenvalue weighted by atomic mass is 32.2. The fourth-order valence-electron chi connectivity index (χ4n) is 3.26. The molecule has 0 aliphatic carbocycles. The van der Waals surface area contributed by atoms with Crippen molar-refractivity contribution in [3.05, 3.63) is 71.4 Å². The number of para-hydroxylation sites is 1. The van der Waals surface area contributed by atoms with Gasteiger partial charge in [-0.1, -0.05) is 23.4 Å². The maximum Gasteiger partial charge on any atom is 0.264 e. The number of anilines is 2. The largest absolute Gasteiger partial charge is 0.338 e. The first-order valence-corrected chi connectivity index (χ1v) is 10.3. The minimum absolute atomic E-state index is 0.149. The molecule has 0 unspecified atom stereocenters. The van der Waals surface area contributed by atoms with E-state index in [0.717, 1.165) is 24.1 Å². The predicted molar refractivity (Wildman–Crippen MR) is 105 cm³/mol. The number of fused-ring (bicyclic) bond motifs is 1. The van der Waals surface area contributed by atoms with E-state index in [9.17, 15) is 13.2 Å². The van der Waals surface area contributed by atoms with Gasteiger partial charge < -0.3 is 4.52 Å². The first kappa shape index (κ1) is 18.2. The number of hydrogen-bond donors (Lipinski definition) is 1. The van der Waals surface area contributed by atoms with Crippen LogP contribution in [0.15, 0.2) is 64.0 Å². The first-order chi connectivity index (χ1) is 13.4. The van der Waals surface area contributed by atoms with E-state index in [1.165, 1.54) is 28.6 Å². The van der Waals surface area contributed by atoms with Crippen LogP contribution in [0.2, 0.25) is 0 Å². The third-order valence-corrected chi connectivity index (χ3v) is 6.46. The lowest BCUT2D eigenvalue weighted by Gasteiger charge is -2.30. The number of sulfonamides is 1. The Bertz CT molecular complexity index is 1120. The highest BCUT2D eigenvalue weighted by molar-refractivity contribution is 7.92. The maximum atomic E-state index is 13.1. The second-order valence-corrected chi connectivity index (χ2v) is 8.48. The fraction of sp³-hybridized carbons (Fsp3) is 0.200. The van der Waals surface area contributed by atoms with Crippen molar-refractivity contribution in [2.45, 2.75) is 24.7 Å². The normalized spacial score (nSPS) is 13.8. The molecule has 0 saturated carbocycles. The number of nitrogens with one attached hydrogen (secondary N) is 1. The topological polar surface area (TPSA) is 92.5 Å². The van der Waals surface area contributed by atoms with Gasteiger partial charge in [-0.3, -0.25) is 14.4 Å². The molecule has 0 saturated heterocycles. The summed E-state index contributed by atoms with van der Waals surface area (Å²) < 4.78 is 32.7. The predicted octanol–water partition coefficient (Wildman–Crippen LogP) is 3.38. The molecular weight excluding hydrogens is 378 g/mol. The highest BCUT2D eigenvalue weighted by Crippen LogP contribution is 2.31. The van der Waals surface area contributed by atoms with Crippen LogP contribution in [0.5, 0.6) is 0 Å². The van der Waals surface area contributed by atoms with Crippen LogP contribution in [0.25, 0.3) is 0 Å². The molecule has 1 amide bonds. The molecule has 0 fully saturated rings. The zero-order chi connectivity index (χ0) is 19.7. The average molecular weight is 397 g/mol. The van der Waals surface area contributed by atoms with Crippen molar-refractivity contribution in [1.82, 2.24) is 5.16 Å². The molecular formula is C20H19N3O4S. The number of carbonyl (C=O) groups excluding carboxylic acids is 1. The summed E-state index contributed by atoms with van der Waals surface area (Å²) in [7, 11) is -3.70. The number of aryl methyl sites for hydroxylation is 2. The molecule has 1 N–H and O–H groups in total. The van der Waals surface area contributed by atoms with Crippen LogP contribution in [0.4, 0.5) is 11.6 Å². The fourth-order valence-corrected chi connectivity index (χ4v) is 4.80. The monoisotopic (exact) mass is 397 g/mol. The average Bonchev–Trinajstić information content (AvgIpc) is 3.12. The summed E-state index contributed by atoms with van der Waals surface area (Å²) in [5.74, 6) is -0.160. The SMILES string of the molecule is Cc1cc(NC(=O)c2ccc(S(=O)(=O)N3CCCc4ccccc43)cc2)on1. The molecule has 0 bridgehead atoms. The van der Waals surface area contributed by atoms with Crippen molar-refractivity contribution in [1.29, 1.82) is 0 Å². The first-order valence-electron chi connectivity index (χ1n) is 8.90. The van der Waals surface area contributed by atoms with Gasteiger partial charge in [-0.2, -0.15) is 0 Å². The molecule has 1 aromatic heterocycles. The summed E-state index contributed by atoms with van der Waals surface area (Å²) in [4.78, 5) is 12.4. The number of hydrogen-bond acceptors (Lipinski definition) is 5. The molecule has 144 valence electrons. The van der Waals surface area contributed by atoms with Crippen molar-refractivity contribution < 1.29 is 17.7 Å². The van der Waals surface area contributed by atoms with Crippen LogP contribution < -0.4 is 9.62 Å². The van der Waals surface area contributed by atoms with Gasteiger partial charge in [-0.25, -0.2) is 8.42 Å². The molecule has 2 heterocycles. The molecule has 8 heteroatoms. The van der Waals surface area contributed by atoms with E-state index < -0.39 is 15.9 Å². The summed E-state index contributed by atoms with van der Waals surface area (Å²) in [6.07, 6.45) is 1.63. The molecule has 4 rings (SSSR count). The van der Waals surface area contributed by atoms with E-state index in [1.807, 2.05) is 24.3 Å². The Kier molecular flexibility index (Phi) is 4.64. The van der Waals surface area contributed by atoms with Gasteiger partial charge in [0.05, 0.1) is 16.3 Å². The number of amides is 1. The lowest BCUT2D eigenvalue weighted by molar-refractivity contribution is 0.102. The summed E-state index contributed by atoms with van der Waals surface area (Å²) in [5, 5.41) is 6.29. The van der Waals surface area contributed by atoms with Gasteiger partial charge in [0.1, 0.15) is 0 Å². The van der Waals surface area contributed by atoms with Gasteiger partial charge in [-0.15, -0.1) is 0 Å². The zero-order valence-corrected chi connectivity index (χ0v) is 16.1. The van der Waals surface area contributed by atoms with Gasteiger partial charge in [0.25, 0.3) is 15.9 Å². The van der Waals surface area contributed by atoms with Crippen molar-refractivity contribution in [2.24, 2.45) is 0 Å². The number of aromatic nitrogens is 1. The molecule has 7 nitrogen and oxygen atoms in total. The van der Waals surface area contributed by atoms with E-state index in [4.69, 9.17) is 4.52 Å². The Hall–Kier alpha value is -3.13. The minimum Gasteiger partial charge on any atom is -0.338 e. The molecule has 1 aliphatic heterocycles. The lowest BCUT2D eigenvalue weighted by atomic mass is 10.0. The van der Waals surface area contributed by atoms with Gasteiger partial charge in [0.15, 0.2) is 0 Å². The van der Waals surface area contributed by atoms with Gasteiger partial charge in [0.2, 0.25) is 5.88 Å². The van der Waals surface area contributed by atoms with Crippen LogP contribution >= 0.6 is 0 Å². The molecule has 0 radical (unpaired) electrons. The highest BCUT2D eigenvalue weighted by Gasteiger charge is 2.28. The Labute approximate surface area is 163 Å². The molecule has 28 heavy (non-hydrogen) atoms. The lowest BCUT2D eigenvalue weighted by Crippen LogP contribution is -2.35. The van der Waals surface area contributed by atoms with Crippen molar-refractivity contribution in [3.63, 3.8) is 0 Å². The molecule has 3 aromatic rings. The molecule has 2 aromatic carbocycles. The van der Waals surface area contributed by atoms with Gasteiger partial charge in [-0.05, 0) is 55.7 Å². The van der Waals surface area contributed by atoms with Crippen LogP contribution in [0, 0.1) is 6.92 Å². The van der Waals surface area contributed by atoms with Crippen LogP contribution in [0.1, 0.15) is 28.0 Å². The second-order valence-electron chi connectivity index (χ2n) is 6.62. The second kappa shape index (κ2) is 7.12. The smallest absolute Gasteiger partial charge is 0.264 e. The Balaban J connectivity index is 1.57. The summed E-state index contributed by atoms with van der Waals surface area (Å²) in [6.45, 7) is 2.18. The van der Waals surface area contributed by atoms with E-state index >= 15 is 0 Å². The van der Waals surface area contributed by atoms with E-state index in [-0.39, 0.29) is 10.8 Å². The summed E-state index contributed by atoms with van der Waals surface area (Å²) in [6, 6.07) is 15.0. The van der Waals surface area contributed by atoms with Crippen LogP contribution in [-0.2, 0) is 16.4 Å². The molecule has 0 atom stereocenters. The Morgan fingerprint density at radius 1 is 1.14 bits per heavy atom. The van der Waals surface area contributed by atoms with Crippen molar-refractivity contribution >= 4 is 27.5 Å². The van der Waals surface area contributed by atoms with Gasteiger partial charge in [0, 0.05) is 18.2 Å². The Morgan fingerprint density at radius 2 is 1.89 bits per heavy atom. The van der Waals surface area contributed by atoms with E-state index in [0.29, 0.717) is 17.8 Å². The third-order valence-electron chi connectivity index (χ3n) is 4.64. The molecule has 1 aliphatic rings. The third kappa shape index (κ3) is 3.38. The van der Waals surface area contributed by atoms with Crippen molar-refractivity contribution in [3.8, 4) is 0 Å². The molecule has 0 spiro atoms. The maximum absolute atomic E-state index is 13.1. The van der Waals surface area contributed by atoms with Crippen LogP contribution in [-0.4, -0.2) is 26.0 Å².